The number of thiazole rings is 1. The highest BCUT2D eigenvalue weighted by Crippen LogP contribution is 2.32. The molecule has 168 valence electrons. The van der Waals surface area contributed by atoms with E-state index in [0.717, 1.165) is 21.9 Å². The molecule has 3 rings (SSSR count). The Hall–Kier alpha value is -2.61. The molecule has 0 aliphatic heterocycles. The van der Waals surface area contributed by atoms with Crippen LogP contribution < -0.4 is 10.1 Å². The van der Waals surface area contributed by atoms with Gasteiger partial charge in [-0.1, -0.05) is 41.4 Å². The van der Waals surface area contributed by atoms with Crippen molar-refractivity contribution in [3.05, 3.63) is 69.1 Å². The number of carbonyl (C=O) groups excluding carboxylic acids is 2. The van der Waals surface area contributed by atoms with Crippen molar-refractivity contribution in [1.29, 1.82) is 0 Å². The Morgan fingerprint density at radius 3 is 2.69 bits per heavy atom. The zero-order valence-corrected chi connectivity index (χ0v) is 19.9. The van der Waals surface area contributed by atoms with Gasteiger partial charge in [0.05, 0.1) is 40.4 Å². The summed E-state index contributed by atoms with van der Waals surface area (Å²) < 4.78 is 10.7. The van der Waals surface area contributed by atoms with Crippen LogP contribution in [0.5, 0.6) is 5.75 Å². The molecule has 0 fully saturated rings. The molecule has 3 aromatic rings. The lowest BCUT2D eigenvalue weighted by Gasteiger charge is -2.15. The number of aromatic nitrogens is 1. The fourth-order valence-corrected chi connectivity index (χ4v) is 4.09. The SMILES string of the molecule is CCOc1ccccc1-c1nc(CC(=O)OCC(=O)NC(C)c2ccc(Cl)c(Cl)c2)cs1. The Bertz CT molecular complexity index is 1100. The van der Waals surface area contributed by atoms with Gasteiger partial charge in [0, 0.05) is 5.38 Å². The Kier molecular flexibility index (Phi) is 8.50. The zero-order valence-electron chi connectivity index (χ0n) is 17.6. The van der Waals surface area contributed by atoms with Gasteiger partial charge in [-0.25, -0.2) is 4.98 Å². The molecular formula is C23H22Cl2N2O4S. The summed E-state index contributed by atoms with van der Waals surface area (Å²) in [6, 6.07) is 12.4. The molecule has 0 aliphatic rings. The van der Waals surface area contributed by atoms with Gasteiger partial charge in [0.25, 0.3) is 5.91 Å². The number of hydrogen-bond acceptors (Lipinski definition) is 6. The second-order valence-corrected chi connectivity index (χ2v) is 8.55. The first-order valence-electron chi connectivity index (χ1n) is 9.94. The summed E-state index contributed by atoms with van der Waals surface area (Å²) in [5, 5.41) is 6.16. The molecule has 0 spiro atoms. The number of para-hydroxylation sites is 1. The van der Waals surface area contributed by atoms with E-state index in [-0.39, 0.29) is 19.1 Å². The number of halogens is 2. The first kappa shape index (κ1) is 24.0. The fourth-order valence-electron chi connectivity index (χ4n) is 2.93. The number of nitrogens with zero attached hydrogens (tertiary/aromatic N) is 1. The summed E-state index contributed by atoms with van der Waals surface area (Å²) in [4.78, 5) is 28.8. The maximum Gasteiger partial charge on any atom is 0.312 e. The van der Waals surface area contributed by atoms with Crippen LogP contribution >= 0.6 is 34.5 Å². The molecule has 1 heterocycles. The van der Waals surface area contributed by atoms with Gasteiger partial charge in [0.15, 0.2) is 6.61 Å². The van der Waals surface area contributed by atoms with E-state index in [9.17, 15) is 9.59 Å². The zero-order chi connectivity index (χ0) is 23.1. The molecule has 1 unspecified atom stereocenters. The van der Waals surface area contributed by atoms with E-state index in [1.807, 2.05) is 31.2 Å². The average molecular weight is 493 g/mol. The van der Waals surface area contributed by atoms with Crippen molar-refractivity contribution in [1.82, 2.24) is 10.3 Å². The minimum absolute atomic E-state index is 0.0249. The second kappa shape index (κ2) is 11.3. The van der Waals surface area contributed by atoms with Crippen LogP contribution in [0.15, 0.2) is 47.8 Å². The minimum Gasteiger partial charge on any atom is -0.493 e. The molecule has 0 aliphatic carbocycles. The van der Waals surface area contributed by atoms with E-state index in [1.54, 1.807) is 30.5 Å². The number of carbonyl (C=O) groups is 2. The number of nitrogens with one attached hydrogen (secondary N) is 1. The fraction of sp³-hybridized carbons (Fsp3) is 0.261. The first-order chi connectivity index (χ1) is 15.4. The molecule has 6 nitrogen and oxygen atoms in total. The van der Waals surface area contributed by atoms with Crippen molar-refractivity contribution in [2.75, 3.05) is 13.2 Å². The molecule has 1 atom stereocenters. The predicted molar refractivity (Wildman–Crippen MR) is 126 cm³/mol. The topological polar surface area (TPSA) is 77.5 Å². The van der Waals surface area contributed by atoms with Gasteiger partial charge in [0.1, 0.15) is 10.8 Å². The van der Waals surface area contributed by atoms with E-state index in [2.05, 4.69) is 10.3 Å². The third-order valence-electron chi connectivity index (χ3n) is 4.48. The van der Waals surface area contributed by atoms with Gasteiger partial charge in [-0.2, -0.15) is 0 Å². The number of rotatable bonds is 9. The maximum absolute atomic E-state index is 12.2. The molecule has 0 saturated carbocycles. The van der Waals surface area contributed by atoms with Crippen molar-refractivity contribution < 1.29 is 19.1 Å². The molecule has 1 N–H and O–H groups in total. The van der Waals surface area contributed by atoms with E-state index in [4.69, 9.17) is 32.7 Å². The number of ether oxygens (including phenoxy) is 2. The van der Waals surface area contributed by atoms with Crippen LogP contribution in [0, 0.1) is 0 Å². The van der Waals surface area contributed by atoms with Crippen LogP contribution in [0.2, 0.25) is 10.0 Å². The third-order valence-corrected chi connectivity index (χ3v) is 6.14. The van der Waals surface area contributed by atoms with Gasteiger partial charge in [-0.15, -0.1) is 11.3 Å². The quantitative estimate of drug-likeness (QED) is 0.400. The standard InChI is InChI=1S/C23H22Cl2N2O4S/c1-3-30-20-7-5-4-6-17(20)23-27-16(13-32-23)11-22(29)31-12-21(28)26-14(2)15-8-9-18(24)19(25)10-15/h4-10,13-14H,3,11-12H2,1-2H3,(H,26,28). The molecule has 0 radical (unpaired) electrons. The largest absolute Gasteiger partial charge is 0.493 e. The van der Waals surface area contributed by atoms with Crippen molar-refractivity contribution in [3.8, 4) is 16.3 Å². The molecule has 1 aromatic heterocycles. The highest BCUT2D eigenvalue weighted by molar-refractivity contribution is 7.13. The molecule has 1 amide bonds. The highest BCUT2D eigenvalue weighted by atomic mass is 35.5. The van der Waals surface area contributed by atoms with Gasteiger partial charge in [0.2, 0.25) is 0 Å². The monoisotopic (exact) mass is 492 g/mol. The molecular weight excluding hydrogens is 471 g/mol. The molecule has 32 heavy (non-hydrogen) atoms. The van der Waals surface area contributed by atoms with Crippen LogP contribution in [0.4, 0.5) is 0 Å². The Morgan fingerprint density at radius 1 is 1.16 bits per heavy atom. The van der Waals surface area contributed by atoms with E-state index in [0.29, 0.717) is 22.3 Å². The summed E-state index contributed by atoms with van der Waals surface area (Å²) >= 11 is 13.3. The summed E-state index contributed by atoms with van der Waals surface area (Å²) in [7, 11) is 0. The normalized spacial score (nSPS) is 11.6. The maximum atomic E-state index is 12.2. The van der Waals surface area contributed by atoms with E-state index >= 15 is 0 Å². The summed E-state index contributed by atoms with van der Waals surface area (Å²) in [5.74, 6) is -0.204. The van der Waals surface area contributed by atoms with Crippen LogP contribution in [-0.2, 0) is 20.7 Å². The van der Waals surface area contributed by atoms with Crippen molar-refractivity contribution in [2.24, 2.45) is 0 Å². The van der Waals surface area contributed by atoms with Gasteiger partial charge in [-0.05, 0) is 43.7 Å². The second-order valence-electron chi connectivity index (χ2n) is 6.87. The average Bonchev–Trinajstić information content (AvgIpc) is 3.23. The van der Waals surface area contributed by atoms with E-state index in [1.165, 1.54) is 11.3 Å². The van der Waals surface area contributed by atoms with Gasteiger partial charge < -0.3 is 14.8 Å². The number of amides is 1. The lowest BCUT2D eigenvalue weighted by Crippen LogP contribution is -2.31. The van der Waals surface area contributed by atoms with Crippen molar-refractivity contribution >= 4 is 46.4 Å². The lowest BCUT2D eigenvalue weighted by atomic mass is 10.1. The molecule has 0 saturated heterocycles. The summed E-state index contributed by atoms with van der Waals surface area (Å²) in [5.41, 5.74) is 2.24. The van der Waals surface area contributed by atoms with Crippen LogP contribution in [-0.4, -0.2) is 30.1 Å². The Balaban J connectivity index is 1.51. The molecule has 9 heteroatoms. The third kappa shape index (κ3) is 6.45. The number of esters is 1. The van der Waals surface area contributed by atoms with Gasteiger partial charge >= 0.3 is 5.97 Å². The van der Waals surface area contributed by atoms with Crippen molar-refractivity contribution in [2.45, 2.75) is 26.3 Å². The number of hydrogen-bond donors (Lipinski definition) is 1. The van der Waals surface area contributed by atoms with Gasteiger partial charge in [-0.3, -0.25) is 9.59 Å². The Labute approximate surface area is 200 Å². The molecule has 0 bridgehead atoms. The van der Waals surface area contributed by atoms with Crippen LogP contribution in [0.1, 0.15) is 31.1 Å². The first-order valence-corrected chi connectivity index (χ1v) is 11.6. The lowest BCUT2D eigenvalue weighted by molar-refractivity contribution is -0.148. The smallest absolute Gasteiger partial charge is 0.312 e. The van der Waals surface area contributed by atoms with Crippen LogP contribution in [0.25, 0.3) is 10.6 Å². The van der Waals surface area contributed by atoms with Crippen LogP contribution in [0.3, 0.4) is 0 Å². The molecule has 2 aromatic carbocycles. The predicted octanol–water partition coefficient (Wildman–Crippen LogP) is 5.48. The minimum atomic E-state index is -0.530. The number of benzene rings is 2. The van der Waals surface area contributed by atoms with E-state index < -0.39 is 11.9 Å². The summed E-state index contributed by atoms with van der Waals surface area (Å²) in [6.07, 6.45) is -0.0249. The summed E-state index contributed by atoms with van der Waals surface area (Å²) in [6.45, 7) is 3.89. The van der Waals surface area contributed by atoms with Crippen molar-refractivity contribution in [3.63, 3.8) is 0 Å². The Morgan fingerprint density at radius 2 is 1.94 bits per heavy atom. The highest BCUT2D eigenvalue weighted by Gasteiger charge is 2.16.